The van der Waals surface area contributed by atoms with E-state index in [9.17, 15) is 0 Å². The number of furan rings is 1. The average molecular weight is 287 g/mol. The molecule has 1 aliphatic heterocycles. The predicted molar refractivity (Wildman–Crippen MR) is 86.6 cm³/mol. The highest BCUT2D eigenvalue weighted by Gasteiger charge is 2.17. The summed E-state index contributed by atoms with van der Waals surface area (Å²) in [6.07, 6.45) is 0. The van der Waals surface area contributed by atoms with Crippen LogP contribution in [0.2, 0.25) is 0 Å². The Morgan fingerprint density at radius 1 is 1.29 bits per heavy atom. The van der Waals surface area contributed by atoms with Crippen LogP contribution in [-0.2, 0) is 0 Å². The van der Waals surface area contributed by atoms with Crippen molar-refractivity contribution >= 4 is 11.0 Å². The smallest absolute Gasteiger partial charge is 0.134 e. The molecule has 1 aliphatic rings. The van der Waals surface area contributed by atoms with Crippen LogP contribution in [0.15, 0.2) is 34.7 Å². The van der Waals surface area contributed by atoms with Crippen molar-refractivity contribution in [2.24, 2.45) is 0 Å². The molecule has 0 amide bonds. The Labute approximate surface area is 126 Å². The zero-order chi connectivity index (χ0) is 14.7. The third-order valence-electron chi connectivity index (χ3n) is 4.50. The van der Waals surface area contributed by atoms with E-state index in [-0.39, 0.29) is 0 Å². The van der Waals surface area contributed by atoms with Crippen molar-refractivity contribution in [1.82, 2.24) is 15.1 Å². The molecular formula is C17H25N3O. The van der Waals surface area contributed by atoms with Gasteiger partial charge in [-0.25, -0.2) is 0 Å². The summed E-state index contributed by atoms with van der Waals surface area (Å²) < 4.78 is 5.98. The second-order valence-electron chi connectivity index (χ2n) is 5.93. The maximum Gasteiger partial charge on any atom is 0.134 e. The summed E-state index contributed by atoms with van der Waals surface area (Å²) in [7, 11) is 2.18. The van der Waals surface area contributed by atoms with E-state index in [4.69, 9.17) is 4.42 Å². The van der Waals surface area contributed by atoms with Crippen LogP contribution in [0.5, 0.6) is 0 Å². The van der Waals surface area contributed by atoms with Gasteiger partial charge in [0.1, 0.15) is 11.3 Å². The van der Waals surface area contributed by atoms with Crippen LogP contribution in [0.1, 0.15) is 18.7 Å². The van der Waals surface area contributed by atoms with Crippen LogP contribution < -0.4 is 5.32 Å². The van der Waals surface area contributed by atoms with Crippen molar-refractivity contribution in [2.45, 2.75) is 13.0 Å². The Kier molecular flexibility index (Phi) is 4.58. The quantitative estimate of drug-likeness (QED) is 0.914. The molecule has 0 saturated carbocycles. The lowest BCUT2D eigenvalue weighted by molar-refractivity contribution is 0.174. The first-order chi connectivity index (χ1) is 10.2. The molecular weight excluding hydrogens is 262 g/mol. The molecule has 1 unspecified atom stereocenters. The van der Waals surface area contributed by atoms with Gasteiger partial charge in [-0.05, 0) is 26.1 Å². The highest BCUT2D eigenvalue weighted by molar-refractivity contribution is 5.77. The van der Waals surface area contributed by atoms with Gasteiger partial charge in [0.25, 0.3) is 0 Å². The monoisotopic (exact) mass is 287 g/mol. The Balaban J connectivity index is 1.59. The molecule has 1 fully saturated rings. The fraction of sp³-hybridized carbons (Fsp3) is 0.529. The van der Waals surface area contributed by atoms with Gasteiger partial charge in [0.05, 0.1) is 6.04 Å². The van der Waals surface area contributed by atoms with Crippen LogP contribution >= 0.6 is 0 Å². The van der Waals surface area contributed by atoms with Crippen LogP contribution in [0, 0.1) is 0 Å². The van der Waals surface area contributed by atoms with E-state index in [1.807, 2.05) is 12.1 Å². The van der Waals surface area contributed by atoms with Gasteiger partial charge in [-0.2, -0.15) is 0 Å². The Morgan fingerprint density at radius 2 is 2.05 bits per heavy atom. The van der Waals surface area contributed by atoms with Crippen LogP contribution in [0.4, 0.5) is 0 Å². The maximum atomic E-state index is 5.98. The summed E-state index contributed by atoms with van der Waals surface area (Å²) in [6, 6.07) is 10.7. The molecule has 0 aliphatic carbocycles. The molecule has 1 saturated heterocycles. The zero-order valence-electron chi connectivity index (χ0n) is 13.0. The summed E-state index contributed by atoms with van der Waals surface area (Å²) >= 11 is 0. The zero-order valence-corrected chi connectivity index (χ0v) is 13.0. The fourth-order valence-electron chi connectivity index (χ4n) is 2.85. The number of fused-ring (bicyclic) bond motifs is 1. The molecule has 2 heterocycles. The minimum Gasteiger partial charge on any atom is -0.459 e. The summed E-state index contributed by atoms with van der Waals surface area (Å²) in [5.74, 6) is 1.05. The van der Waals surface area contributed by atoms with Gasteiger partial charge in [-0.1, -0.05) is 18.2 Å². The molecule has 1 atom stereocenters. The maximum absolute atomic E-state index is 5.98. The van der Waals surface area contributed by atoms with Crippen molar-refractivity contribution in [2.75, 3.05) is 46.3 Å². The minimum atomic E-state index is 0.306. The number of benzene rings is 1. The van der Waals surface area contributed by atoms with Crippen molar-refractivity contribution < 1.29 is 4.42 Å². The predicted octanol–water partition coefficient (Wildman–Crippen LogP) is 2.33. The number of hydrogen-bond donors (Lipinski definition) is 1. The number of hydrogen-bond acceptors (Lipinski definition) is 4. The molecule has 1 aromatic carbocycles. The van der Waals surface area contributed by atoms with E-state index >= 15 is 0 Å². The van der Waals surface area contributed by atoms with Gasteiger partial charge in [-0.3, -0.25) is 9.80 Å². The number of likely N-dealkylation sites (N-methyl/N-ethyl adjacent to an activating group) is 1. The highest BCUT2D eigenvalue weighted by atomic mass is 16.3. The third kappa shape index (κ3) is 3.46. The van der Waals surface area contributed by atoms with E-state index in [1.165, 1.54) is 5.39 Å². The van der Waals surface area contributed by atoms with Crippen molar-refractivity contribution in [1.29, 1.82) is 0 Å². The largest absolute Gasteiger partial charge is 0.459 e. The number of para-hydroxylation sites is 1. The molecule has 0 radical (unpaired) electrons. The van der Waals surface area contributed by atoms with Crippen molar-refractivity contribution in [3.63, 3.8) is 0 Å². The number of piperazine rings is 1. The topological polar surface area (TPSA) is 31.7 Å². The number of nitrogens with one attached hydrogen (secondary N) is 1. The Bertz CT molecular complexity index is 541. The molecule has 0 bridgehead atoms. The Hall–Kier alpha value is -1.36. The first-order valence-corrected chi connectivity index (χ1v) is 7.86. The first-order valence-electron chi connectivity index (χ1n) is 7.86. The first kappa shape index (κ1) is 14.6. The van der Waals surface area contributed by atoms with Crippen molar-refractivity contribution in [3.05, 3.63) is 36.1 Å². The molecule has 1 aromatic heterocycles. The van der Waals surface area contributed by atoms with Crippen LogP contribution in [0.3, 0.4) is 0 Å². The van der Waals surface area contributed by atoms with E-state index in [0.29, 0.717) is 6.04 Å². The highest BCUT2D eigenvalue weighted by Crippen LogP contribution is 2.26. The number of nitrogens with zero attached hydrogens (tertiary/aromatic N) is 2. The van der Waals surface area contributed by atoms with E-state index in [1.54, 1.807) is 0 Å². The van der Waals surface area contributed by atoms with E-state index in [2.05, 4.69) is 47.3 Å². The Morgan fingerprint density at radius 3 is 2.81 bits per heavy atom. The van der Waals surface area contributed by atoms with E-state index < -0.39 is 0 Å². The SMILES string of the molecule is CC(c1cc2ccccc2o1)N(C)CCN1CCNCC1. The number of rotatable bonds is 5. The normalized spacial score (nSPS) is 18.4. The third-order valence-corrected chi connectivity index (χ3v) is 4.50. The van der Waals surface area contributed by atoms with E-state index in [0.717, 1.165) is 50.6 Å². The molecule has 1 N–H and O–H groups in total. The summed E-state index contributed by atoms with van der Waals surface area (Å²) in [6.45, 7) is 8.96. The molecule has 4 heteroatoms. The molecule has 114 valence electrons. The van der Waals surface area contributed by atoms with Gasteiger partial charge in [-0.15, -0.1) is 0 Å². The summed E-state index contributed by atoms with van der Waals surface area (Å²) in [4.78, 5) is 4.90. The van der Waals surface area contributed by atoms with Gasteiger partial charge in [0.2, 0.25) is 0 Å². The van der Waals surface area contributed by atoms with Crippen LogP contribution in [0.25, 0.3) is 11.0 Å². The molecule has 2 aromatic rings. The lowest BCUT2D eigenvalue weighted by Crippen LogP contribution is -2.46. The lowest BCUT2D eigenvalue weighted by Gasteiger charge is -2.30. The lowest BCUT2D eigenvalue weighted by atomic mass is 10.2. The summed E-state index contributed by atoms with van der Waals surface area (Å²) in [5, 5.41) is 4.59. The van der Waals surface area contributed by atoms with Gasteiger partial charge in [0.15, 0.2) is 0 Å². The van der Waals surface area contributed by atoms with Gasteiger partial charge < -0.3 is 9.73 Å². The molecule has 3 rings (SSSR count). The van der Waals surface area contributed by atoms with Crippen LogP contribution in [-0.4, -0.2) is 56.1 Å². The fourth-order valence-corrected chi connectivity index (χ4v) is 2.85. The average Bonchev–Trinajstić information content (AvgIpc) is 2.97. The standard InChI is InChI=1S/C17H25N3O/c1-14(17-13-15-5-3-4-6-16(15)21-17)19(2)11-12-20-9-7-18-8-10-20/h3-6,13-14,18H,7-12H2,1-2H3. The second-order valence-corrected chi connectivity index (χ2v) is 5.93. The van der Waals surface area contributed by atoms with Gasteiger partial charge >= 0.3 is 0 Å². The second kappa shape index (κ2) is 6.60. The van der Waals surface area contributed by atoms with Gasteiger partial charge in [0, 0.05) is 44.7 Å². The van der Waals surface area contributed by atoms with Crippen molar-refractivity contribution in [3.8, 4) is 0 Å². The molecule has 0 spiro atoms. The molecule has 4 nitrogen and oxygen atoms in total. The minimum absolute atomic E-state index is 0.306. The summed E-state index contributed by atoms with van der Waals surface area (Å²) in [5.41, 5.74) is 0.981. The molecule has 21 heavy (non-hydrogen) atoms.